The smallest absolute Gasteiger partial charge is 0.191 e. The van der Waals surface area contributed by atoms with Gasteiger partial charge < -0.3 is 25.3 Å². The normalized spacial score (nSPS) is 19.3. The first-order valence-electron chi connectivity index (χ1n) is 11.2. The van der Waals surface area contributed by atoms with Crippen LogP contribution in [0, 0.1) is 5.92 Å². The maximum absolute atomic E-state index is 4.41. The van der Waals surface area contributed by atoms with Gasteiger partial charge in [-0.25, -0.2) is 0 Å². The fraction of sp³-hybridized carbons (Fsp3) is 0.952. The van der Waals surface area contributed by atoms with Crippen LogP contribution in [0.5, 0.6) is 0 Å². The molecule has 1 aliphatic heterocycles. The third-order valence-corrected chi connectivity index (χ3v) is 5.71. The quantitative estimate of drug-likeness (QED) is 0.399. The van der Waals surface area contributed by atoms with Crippen molar-refractivity contribution in [3.05, 3.63) is 0 Å². The Bertz CT molecular complexity index is 388. The molecule has 1 fully saturated rings. The van der Waals surface area contributed by atoms with Gasteiger partial charge in [0, 0.05) is 52.4 Å². The van der Waals surface area contributed by atoms with Crippen molar-refractivity contribution < 1.29 is 0 Å². The first kappa shape index (κ1) is 24.2. The maximum Gasteiger partial charge on any atom is 0.191 e. The third kappa shape index (κ3) is 10.3. The van der Waals surface area contributed by atoms with E-state index in [1.807, 2.05) is 7.05 Å². The summed E-state index contributed by atoms with van der Waals surface area (Å²) in [5.41, 5.74) is 0. The van der Waals surface area contributed by atoms with Gasteiger partial charge in [0.25, 0.3) is 0 Å². The summed E-state index contributed by atoms with van der Waals surface area (Å²) in [7, 11) is 1.87. The molecule has 1 aliphatic rings. The molecule has 1 heterocycles. The second-order valence-corrected chi connectivity index (χ2v) is 8.01. The van der Waals surface area contributed by atoms with E-state index in [2.05, 4.69) is 64.9 Å². The van der Waals surface area contributed by atoms with E-state index < -0.39 is 0 Å². The number of aliphatic imine (C=N–C) groups is 1. The van der Waals surface area contributed by atoms with Crippen molar-refractivity contribution in [2.45, 2.75) is 53.5 Å². The molecule has 6 nitrogen and oxygen atoms in total. The van der Waals surface area contributed by atoms with Gasteiger partial charge in [0.1, 0.15) is 0 Å². The Kier molecular flexibility index (Phi) is 12.7. The minimum Gasteiger partial charge on any atom is -0.356 e. The zero-order valence-electron chi connectivity index (χ0n) is 18.9. The van der Waals surface area contributed by atoms with Crippen molar-refractivity contribution in [3.63, 3.8) is 0 Å². The van der Waals surface area contributed by atoms with Crippen LogP contribution in [0.2, 0.25) is 0 Å². The van der Waals surface area contributed by atoms with Crippen molar-refractivity contribution in [1.82, 2.24) is 25.3 Å². The fourth-order valence-electron chi connectivity index (χ4n) is 3.73. The maximum atomic E-state index is 4.41. The molecule has 0 saturated carbocycles. The third-order valence-electron chi connectivity index (χ3n) is 5.71. The summed E-state index contributed by atoms with van der Waals surface area (Å²) in [6.07, 6.45) is 2.40. The largest absolute Gasteiger partial charge is 0.356 e. The number of guanidine groups is 1. The second-order valence-electron chi connectivity index (χ2n) is 8.01. The highest BCUT2D eigenvalue weighted by atomic mass is 15.3. The van der Waals surface area contributed by atoms with E-state index in [9.17, 15) is 0 Å². The Hall–Kier alpha value is -0.850. The highest BCUT2D eigenvalue weighted by Crippen LogP contribution is 2.05. The number of hydrogen-bond acceptors (Lipinski definition) is 4. The molecule has 2 atom stereocenters. The van der Waals surface area contributed by atoms with Gasteiger partial charge in [0.15, 0.2) is 5.96 Å². The van der Waals surface area contributed by atoms with Crippen LogP contribution in [0.4, 0.5) is 0 Å². The van der Waals surface area contributed by atoms with Gasteiger partial charge in [-0.15, -0.1) is 0 Å². The van der Waals surface area contributed by atoms with Crippen LogP contribution in [0.25, 0.3) is 0 Å². The number of likely N-dealkylation sites (N-methyl/N-ethyl adjacent to an activating group) is 1. The molecule has 0 spiro atoms. The number of nitrogens with one attached hydrogen (secondary N) is 2. The lowest BCUT2D eigenvalue weighted by Crippen LogP contribution is -2.49. The van der Waals surface area contributed by atoms with Crippen molar-refractivity contribution in [1.29, 1.82) is 0 Å². The van der Waals surface area contributed by atoms with Crippen LogP contribution in [0.3, 0.4) is 0 Å². The minimum absolute atomic E-state index is 0.448. The molecule has 0 aromatic carbocycles. The second kappa shape index (κ2) is 14.2. The summed E-state index contributed by atoms with van der Waals surface area (Å²) in [6.45, 7) is 23.0. The summed E-state index contributed by atoms with van der Waals surface area (Å²) in [4.78, 5) is 12.0. The molecule has 160 valence electrons. The van der Waals surface area contributed by atoms with Gasteiger partial charge in [-0.1, -0.05) is 27.7 Å². The van der Waals surface area contributed by atoms with Crippen molar-refractivity contribution in [2.24, 2.45) is 10.9 Å². The van der Waals surface area contributed by atoms with Crippen molar-refractivity contribution in [2.75, 3.05) is 72.5 Å². The Morgan fingerprint density at radius 2 is 1.67 bits per heavy atom. The Morgan fingerprint density at radius 1 is 1.04 bits per heavy atom. The summed E-state index contributed by atoms with van der Waals surface area (Å²) < 4.78 is 0. The van der Waals surface area contributed by atoms with Crippen molar-refractivity contribution in [3.8, 4) is 0 Å². The molecule has 0 amide bonds. The Balaban J connectivity index is 2.21. The van der Waals surface area contributed by atoms with Gasteiger partial charge >= 0.3 is 0 Å². The molecule has 2 N–H and O–H groups in total. The zero-order valence-corrected chi connectivity index (χ0v) is 18.9. The average molecular weight is 383 g/mol. The number of hydrogen-bond donors (Lipinski definition) is 2. The first-order valence-corrected chi connectivity index (χ1v) is 11.2. The first-order chi connectivity index (χ1) is 13.0. The van der Waals surface area contributed by atoms with Gasteiger partial charge in [-0.2, -0.15) is 0 Å². The molecule has 0 aliphatic carbocycles. The number of nitrogens with zero attached hydrogens (tertiary/aromatic N) is 4. The summed E-state index contributed by atoms with van der Waals surface area (Å²) >= 11 is 0. The summed E-state index contributed by atoms with van der Waals surface area (Å²) in [5.74, 6) is 1.56. The molecular weight excluding hydrogens is 336 g/mol. The van der Waals surface area contributed by atoms with Crippen LogP contribution in [-0.2, 0) is 0 Å². The highest BCUT2D eigenvalue weighted by molar-refractivity contribution is 5.79. The SMILES string of the molecule is CCN(CC)CCCC(C)NC(=NC)NCC(C)CN1CCN(CC)CC1. The molecule has 0 aromatic rings. The van der Waals surface area contributed by atoms with Gasteiger partial charge in [0.2, 0.25) is 0 Å². The topological polar surface area (TPSA) is 46.1 Å². The lowest BCUT2D eigenvalue weighted by molar-refractivity contribution is 0.124. The van der Waals surface area contributed by atoms with E-state index in [1.165, 1.54) is 58.7 Å². The Labute approximate surface area is 168 Å². The predicted molar refractivity (Wildman–Crippen MR) is 119 cm³/mol. The molecule has 1 rings (SSSR count). The predicted octanol–water partition coefficient (Wildman–Crippen LogP) is 1.94. The van der Waals surface area contributed by atoms with E-state index in [4.69, 9.17) is 0 Å². The minimum atomic E-state index is 0.448. The molecule has 6 heteroatoms. The van der Waals surface area contributed by atoms with Crippen LogP contribution >= 0.6 is 0 Å². The molecule has 27 heavy (non-hydrogen) atoms. The standard InChI is InChI=1S/C21H46N6/c1-7-25(8-2)12-10-11-20(5)24-21(22-6)23-17-19(4)18-27-15-13-26(9-3)14-16-27/h19-20H,7-18H2,1-6H3,(H2,22,23,24). The molecule has 1 saturated heterocycles. The van der Waals surface area contributed by atoms with E-state index in [0.717, 1.165) is 25.6 Å². The fourth-order valence-corrected chi connectivity index (χ4v) is 3.73. The van der Waals surface area contributed by atoms with E-state index in [-0.39, 0.29) is 0 Å². The van der Waals surface area contributed by atoms with Crippen molar-refractivity contribution >= 4 is 5.96 Å². The lowest BCUT2D eigenvalue weighted by atomic mass is 10.1. The molecular formula is C21H46N6. The highest BCUT2D eigenvalue weighted by Gasteiger charge is 2.17. The molecule has 0 radical (unpaired) electrons. The van der Waals surface area contributed by atoms with Crippen LogP contribution in [0.15, 0.2) is 4.99 Å². The summed E-state index contributed by atoms with van der Waals surface area (Å²) in [5, 5.41) is 7.07. The van der Waals surface area contributed by atoms with Gasteiger partial charge in [-0.05, 0) is 51.9 Å². The van der Waals surface area contributed by atoms with Crippen LogP contribution in [0.1, 0.15) is 47.5 Å². The average Bonchev–Trinajstić information content (AvgIpc) is 2.69. The lowest BCUT2D eigenvalue weighted by Gasteiger charge is -2.35. The zero-order chi connectivity index (χ0) is 20.1. The van der Waals surface area contributed by atoms with E-state index >= 15 is 0 Å². The Morgan fingerprint density at radius 3 is 2.22 bits per heavy atom. The van der Waals surface area contributed by atoms with Gasteiger partial charge in [-0.3, -0.25) is 4.99 Å². The van der Waals surface area contributed by atoms with E-state index in [1.54, 1.807) is 0 Å². The summed E-state index contributed by atoms with van der Waals surface area (Å²) in [6, 6.07) is 0.448. The van der Waals surface area contributed by atoms with Gasteiger partial charge in [0.05, 0.1) is 0 Å². The van der Waals surface area contributed by atoms with Crippen LogP contribution in [-0.4, -0.2) is 99.2 Å². The number of piperazine rings is 1. The number of rotatable bonds is 12. The molecule has 0 aromatic heterocycles. The van der Waals surface area contributed by atoms with Crippen LogP contribution < -0.4 is 10.6 Å². The van der Waals surface area contributed by atoms with E-state index in [0.29, 0.717) is 12.0 Å². The molecule has 2 unspecified atom stereocenters. The molecule has 0 bridgehead atoms. The monoisotopic (exact) mass is 382 g/mol.